The highest BCUT2D eigenvalue weighted by Gasteiger charge is 2.18. The van der Waals surface area contributed by atoms with Crippen molar-refractivity contribution in [2.24, 2.45) is 7.05 Å². The first kappa shape index (κ1) is 20.7. The van der Waals surface area contributed by atoms with Crippen LogP contribution in [0.2, 0.25) is 0 Å². The minimum absolute atomic E-state index is 0.133. The summed E-state index contributed by atoms with van der Waals surface area (Å²) >= 11 is 0. The summed E-state index contributed by atoms with van der Waals surface area (Å²) in [6.45, 7) is 0. The molecule has 0 atom stereocenters. The predicted octanol–water partition coefficient (Wildman–Crippen LogP) is 5.21. The molecule has 0 saturated heterocycles. The molecule has 0 aliphatic rings. The van der Waals surface area contributed by atoms with E-state index >= 15 is 0 Å². The molecule has 2 heterocycles. The van der Waals surface area contributed by atoms with E-state index in [1.807, 2.05) is 18.2 Å². The van der Waals surface area contributed by atoms with Gasteiger partial charge in [0.15, 0.2) is 0 Å². The van der Waals surface area contributed by atoms with Crippen LogP contribution in [0.25, 0.3) is 22.4 Å². The van der Waals surface area contributed by atoms with Gasteiger partial charge in [-0.05, 0) is 54.7 Å². The zero-order valence-corrected chi connectivity index (χ0v) is 17.5. The molecule has 0 unspecified atom stereocenters. The molecule has 4 aromatic rings. The summed E-state index contributed by atoms with van der Waals surface area (Å²) in [6.07, 6.45) is 7.02. The van der Waals surface area contributed by atoms with Crippen LogP contribution >= 0.6 is 0 Å². The first-order chi connectivity index (χ1) is 15.1. The Bertz CT molecular complexity index is 1200. The van der Waals surface area contributed by atoms with Crippen LogP contribution in [0.4, 0.5) is 4.39 Å². The second-order valence-corrected chi connectivity index (χ2v) is 7.55. The molecule has 2 aromatic carbocycles. The van der Waals surface area contributed by atoms with Crippen molar-refractivity contribution in [1.82, 2.24) is 14.5 Å². The van der Waals surface area contributed by atoms with Crippen molar-refractivity contribution in [3.05, 3.63) is 107 Å². The van der Waals surface area contributed by atoms with Crippen LogP contribution < -0.4 is 5.56 Å². The Morgan fingerprint density at radius 3 is 2.23 bits per heavy atom. The molecular formula is C26H24FN3O. The number of hydrogen-bond acceptors (Lipinski definition) is 3. The van der Waals surface area contributed by atoms with E-state index in [0.717, 1.165) is 30.7 Å². The van der Waals surface area contributed by atoms with Gasteiger partial charge in [-0.1, -0.05) is 42.5 Å². The summed E-state index contributed by atoms with van der Waals surface area (Å²) in [7, 11) is 1.76. The number of unbranched alkanes of at least 4 members (excludes halogenated alkanes) is 1. The minimum Gasteiger partial charge on any atom is -0.299 e. The van der Waals surface area contributed by atoms with Gasteiger partial charge in [0.1, 0.15) is 11.6 Å². The van der Waals surface area contributed by atoms with E-state index in [1.54, 1.807) is 36.1 Å². The van der Waals surface area contributed by atoms with Crippen molar-refractivity contribution >= 4 is 0 Å². The van der Waals surface area contributed by atoms with Gasteiger partial charge in [-0.2, -0.15) is 0 Å². The number of aromatic nitrogens is 3. The smallest absolute Gasteiger partial charge is 0.261 e. The van der Waals surface area contributed by atoms with E-state index < -0.39 is 0 Å². The van der Waals surface area contributed by atoms with Crippen LogP contribution in [0.5, 0.6) is 0 Å². The number of aryl methyl sites for hydroxylation is 2. The highest BCUT2D eigenvalue weighted by molar-refractivity contribution is 5.79. The average molecular weight is 413 g/mol. The van der Waals surface area contributed by atoms with Crippen molar-refractivity contribution in [3.8, 4) is 22.4 Å². The Kier molecular flexibility index (Phi) is 6.32. The zero-order valence-electron chi connectivity index (χ0n) is 17.5. The normalized spacial score (nSPS) is 10.9. The number of pyridine rings is 1. The van der Waals surface area contributed by atoms with Crippen molar-refractivity contribution in [2.75, 3.05) is 0 Å². The van der Waals surface area contributed by atoms with Crippen molar-refractivity contribution in [1.29, 1.82) is 0 Å². The Hall–Kier alpha value is -3.60. The number of nitrogens with zero attached hydrogens (tertiary/aromatic N) is 3. The minimum atomic E-state index is -0.339. The third-order valence-corrected chi connectivity index (χ3v) is 5.43. The SMILES string of the molecule is Cn1c(CCCCc2ccccc2)nc(-c2ccncc2)c(-c2ccc(F)cc2)c1=O. The lowest BCUT2D eigenvalue weighted by Crippen LogP contribution is -2.25. The maximum absolute atomic E-state index is 13.5. The molecule has 0 saturated carbocycles. The largest absolute Gasteiger partial charge is 0.299 e. The highest BCUT2D eigenvalue weighted by Crippen LogP contribution is 2.28. The number of hydrogen-bond donors (Lipinski definition) is 0. The molecule has 5 heteroatoms. The molecule has 4 rings (SSSR count). The molecule has 0 aliphatic heterocycles. The topological polar surface area (TPSA) is 47.8 Å². The highest BCUT2D eigenvalue weighted by atomic mass is 19.1. The zero-order chi connectivity index (χ0) is 21.6. The Morgan fingerprint density at radius 1 is 0.839 bits per heavy atom. The van der Waals surface area contributed by atoms with E-state index in [1.165, 1.54) is 17.7 Å². The van der Waals surface area contributed by atoms with E-state index in [0.29, 0.717) is 23.2 Å². The monoisotopic (exact) mass is 413 g/mol. The summed E-state index contributed by atoms with van der Waals surface area (Å²) in [4.78, 5) is 22.3. The third kappa shape index (κ3) is 4.77. The summed E-state index contributed by atoms with van der Waals surface area (Å²) in [6, 6.07) is 20.0. The standard InChI is InChI=1S/C26H24FN3O/c1-30-23(10-6-5-9-19-7-3-2-4-8-19)29-25(21-15-17-28-18-16-21)24(26(30)31)20-11-13-22(27)14-12-20/h2-4,7-8,11-18H,5-6,9-10H2,1H3. The number of benzene rings is 2. The maximum atomic E-state index is 13.5. The van der Waals surface area contributed by atoms with Crippen molar-refractivity contribution < 1.29 is 4.39 Å². The maximum Gasteiger partial charge on any atom is 0.261 e. The van der Waals surface area contributed by atoms with Crippen LogP contribution in [-0.2, 0) is 19.9 Å². The molecule has 0 fully saturated rings. The molecule has 0 amide bonds. The third-order valence-electron chi connectivity index (χ3n) is 5.43. The molecule has 0 radical (unpaired) electrons. The van der Waals surface area contributed by atoms with Crippen molar-refractivity contribution in [2.45, 2.75) is 25.7 Å². The van der Waals surface area contributed by atoms with Gasteiger partial charge in [0.2, 0.25) is 0 Å². The average Bonchev–Trinajstić information content (AvgIpc) is 2.81. The molecule has 0 aliphatic carbocycles. The molecule has 0 bridgehead atoms. The molecular weight excluding hydrogens is 389 g/mol. The molecule has 0 N–H and O–H groups in total. The predicted molar refractivity (Wildman–Crippen MR) is 121 cm³/mol. The quantitative estimate of drug-likeness (QED) is 0.391. The van der Waals surface area contributed by atoms with E-state index in [-0.39, 0.29) is 11.4 Å². The fourth-order valence-corrected chi connectivity index (χ4v) is 3.72. The second-order valence-electron chi connectivity index (χ2n) is 7.55. The lowest BCUT2D eigenvalue weighted by Gasteiger charge is -2.15. The first-order valence-electron chi connectivity index (χ1n) is 10.4. The van der Waals surface area contributed by atoms with Crippen LogP contribution in [0.15, 0.2) is 83.9 Å². The van der Waals surface area contributed by atoms with E-state index in [2.05, 4.69) is 29.2 Å². The van der Waals surface area contributed by atoms with Gasteiger partial charge in [0, 0.05) is 31.4 Å². The lowest BCUT2D eigenvalue weighted by molar-refractivity contribution is 0.628. The van der Waals surface area contributed by atoms with Crippen LogP contribution in [0, 0.1) is 5.82 Å². The van der Waals surface area contributed by atoms with E-state index in [4.69, 9.17) is 4.98 Å². The van der Waals surface area contributed by atoms with Gasteiger partial charge in [0.25, 0.3) is 5.56 Å². The Balaban J connectivity index is 1.66. The molecule has 31 heavy (non-hydrogen) atoms. The molecule has 0 spiro atoms. The van der Waals surface area contributed by atoms with Crippen LogP contribution in [-0.4, -0.2) is 14.5 Å². The summed E-state index contributed by atoms with van der Waals surface area (Å²) < 4.78 is 15.1. The Morgan fingerprint density at radius 2 is 1.52 bits per heavy atom. The van der Waals surface area contributed by atoms with E-state index in [9.17, 15) is 9.18 Å². The van der Waals surface area contributed by atoms with Gasteiger partial charge < -0.3 is 0 Å². The summed E-state index contributed by atoms with van der Waals surface area (Å²) in [5.74, 6) is 0.407. The van der Waals surface area contributed by atoms with Gasteiger partial charge in [-0.15, -0.1) is 0 Å². The molecule has 156 valence electrons. The van der Waals surface area contributed by atoms with Crippen LogP contribution in [0.3, 0.4) is 0 Å². The van der Waals surface area contributed by atoms with Gasteiger partial charge >= 0.3 is 0 Å². The molecule has 2 aromatic heterocycles. The molecule has 4 nitrogen and oxygen atoms in total. The number of rotatable bonds is 7. The van der Waals surface area contributed by atoms with Gasteiger partial charge in [-0.25, -0.2) is 9.37 Å². The number of halogens is 1. The summed E-state index contributed by atoms with van der Waals surface area (Å²) in [5.41, 5.74) is 3.73. The first-order valence-corrected chi connectivity index (χ1v) is 10.4. The second kappa shape index (κ2) is 9.47. The fraction of sp³-hybridized carbons (Fsp3) is 0.192. The van der Waals surface area contributed by atoms with Gasteiger partial charge in [0.05, 0.1) is 11.3 Å². The van der Waals surface area contributed by atoms with Crippen molar-refractivity contribution in [3.63, 3.8) is 0 Å². The fourth-order valence-electron chi connectivity index (χ4n) is 3.72. The Labute approximate surface area is 181 Å². The van der Waals surface area contributed by atoms with Gasteiger partial charge in [-0.3, -0.25) is 14.3 Å². The lowest BCUT2D eigenvalue weighted by atomic mass is 10.0. The van der Waals surface area contributed by atoms with Crippen LogP contribution in [0.1, 0.15) is 24.2 Å². The summed E-state index contributed by atoms with van der Waals surface area (Å²) in [5, 5.41) is 0.